The first kappa shape index (κ1) is 12.0. The van der Waals surface area contributed by atoms with E-state index in [4.69, 9.17) is 8.94 Å². The van der Waals surface area contributed by atoms with E-state index in [1.807, 2.05) is 0 Å². The Morgan fingerprint density at radius 1 is 1.47 bits per heavy atom. The lowest BCUT2D eigenvalue weighted by Crippen LogP contribution is -2.45. The zero-order valence-corrected chi connectivity index (χ0v) is 10.4. The molecule has 2 N–H and O–H groups in total. The normalized spacial score (nSPS) is 19.3. The molecule has 0 saturated carbocycles. The first-order chi connectivity index (χ1) is 9.33. The summed E-state index contributed by atoms with van der Waals surface area (Å²) < 4.78 is 10.3. The summed E-state index contributed by atoms with van der Waals surface area (Å²) in [6.07, 6.45) is 3.61. The summed E-state index contributed by atoms with van der Waals surface area (Å²) in [5.74, 6) is 0.804. The second kappa shape index (κ2) is 5.27. The number of carbonyl (C=O) groups excluding carboxylic acids is 1. The minimum absolute atomic E-state index is 0.157. The van der Waals surface area contributed by atoms with E-state index in [0.29, 0.717) is 11.5 Å². The van der Waals surface area contributed by atoms with Gasteiger partial charge in [-0.05, 0) is 31.5 Å². The number of hydrogen-bond donors (Lipinski definition) is 2. The zero-order chi connectivity index (χ0) is 13.1. The van der Waals surface area contributed by atoms with Crippen molar-refractivity contribution in [2.45, 2.75) is 18.9 Å². The molecule has 0 aliphatic carbocycles. The third-order valence-electron chi connectivity index (χ3n) is 3.14. The van der Waals surface area contributed by atoms with Crippen molar-refractivity contribution in [2.24, 2.45) is 0 Å². The third kappa shape index (κ3) is 2.68. The highest BCUT2D eigenvalue weighted by Crippen LogP contribution is 2.20. The molecule has 0 unspecified atom stereocenters. The average Bonchev–Trinajstić information content (AvgIpc) is 3.11. The molecular weight excluding hydrogens is 246 g/mol. The van der Waals surface area contributed by atoms with Gasteiger partial charge >= 0.3 is 0 Å². The van der Waals surface area contributed by atoms with Gasteiger partial charge in [0.1, 0.15) is 0 Å². The summed E-state index contributed by atoms with van der Waals surface area (Å²) in [6.45, 7) is 1.81. The molecule has 1 saturated heterocycles. The monoisotopic (exact) mass is 261 g/mol. The summed E-state index contributed by atoms with van der Waals surface area (Å²) in [7, 11) is 0. The van der Waals surface area contributed by atoms with Crippen LogP contribution < -0.4 is 10.6 Å². The molecule has 2 aromatic rings. The zero-order valence-electron chi connectivity index (χ0n) is 10.4. The van der Waals surface area contributed by atoms with Gasteiger partial charge in [-0.25, -0.2) is 0 Å². The molecule has 1 aliphatic rings. The number of furan rings is 1. The van der Waals surface area contributed by atoms with Crippen LogP contribution in [0, 0.1) is 0 Å². The Morgan fingerprint density at radius 3 is 3.16 bits per heavy atom. The highest BCUT2D eigenvalue weighted by Gasteiger charge is 2.19. The Bertz CT molecular complexity index is 541. The van der Waals surface area contributed by atoms with Gasteiger partial charge in [-0.3, -0.25) is 4.79 Å². The van der Waals surface area contributed by atoms with E-state index in [1.165, 1.54) is 0 Å². The van der Waals surface area contributed by atoms with E-state index in [0.717, 1.165) is 25.9 Å². The quantitative estimate of drug-likeness (QED) is 0.873. The molecule has 0 aromatic carbocycles. The van der Waals surface area contributed by atoms with Crippen molar-refractivity contribution >= 4 is 5.91 Å². The number of nitrogens with zero attached hydrogens (tertiary/aromatic N) is 1. The molecule has 19 heavy (non-hydrogen) atoms. The molecule has 1 fully saturated rings. The van der Waals surface area contributed by atoms with Crippen LogP contribution in [0.5, 0.6) is 0 Å². The maximum Gasteiger partial charge on any atom is 0.273 e. The number of nitrogens with one attached hydrogen (secondary N) is 2. The van der Waals surface area contributed by atoms with E-state index < -0.39 is 0 Å². The fourth-order valence-corrected chi connectivity index (χ4v) is 2.15. The van der Waals surface area contributed by atoms with E-state index in [1.54, 1.807) is 24.5 Å². The van der Waals surface area contributed by atoms with E-state index in [2.05, 4.69) is 15.8 Å². The minimum Gasteiger partial charge on any atom is -0.461 e. The van der Waals surface area contributed by atoms with E-state index >= 15 is 0 Å². The van der Waals surface area contributed by atoms with Crippen LogP contribution in [-0.4, -0.2) is 30.2 Å². The topological polar surface area (TPSA) is 80.3 Å². The molecule has 2 aromatic heterocycles. The summed E-state index contributed by atoms with van der Waals surface area (Å²) in [6, 6.07) is 5.26. The highest BCUT2D eigenvalue weighted by molar-refractivity contribution is 5.93. The second-order valence-electron chi connectivity index (χ2n) is 4.57. The fourth-order valence-electron chi connectivity index (χ4n) is 2.15. The number of aromatic nitrogens is 1. The first-order valence-corrected chi connectivity index (χ1v) is 6.35. The van der Waals surface area contributed by atoms with E-state index in [9.17, 15) is 4.79 Å². The van der Waals surface area contributed by atoms with Crippen molar-refractivity contribution in [1.82, 2.24) is 15.8 Å². The molecule has 3 heterocycles. The van der Waals surface area contributed by atoms with Crippen molar-refractivity contribution in [3.63, 3.8) is 0 Å². The Kier molecular flexibility index (Phi) is 3.33. The van der Waals surface area contributed by atoms with Gasteiger partial charge in [-0.15, -0.1) is 0 Å². The van der Waals surface area contributed by atoms with Crippen LogP contribution in [0.25, 0.3) is 11.5 Å². The predicted octanol–water partition coefficient (Wildman–Crippen LogP) is 1.42. The molecule has 0 radical (unpaired) electrons. The van der Waals surface area contributed by atoms with Gasteiger partial charge < -0.3 is 19.6 Å². The van der Waals surface area contributed by atoms with Gasteiger partial charge in [-0.1, -0.05) is 5.16 Å². The minimum atomic E-state index is -0.213. The van der Waals surface area contributed by atoms with Crippen molar-refractivity contribution in [2.75, 3.05) is 13.1 Å². The van der Waals surface area contributed by atoms with Gasteiger partial charge in [0, 0.05) is 18.7 Å². The van der Waals surface area contributed by atoms with Crippen LogP contribution in [0.15, 0.2) is 33.4 Å². The summed E-state index contributed by atoms with van der Waals surface area (Å²) in [5.41, 5.74) is 0.275. The van der Waals surface area contributed by atoms with Gasteiger partial charge in [-0.2, -0.15) is 0 Å². The number of piperidine rings is 1. The lowest BCUT2D eigenvalue weighted by atomic mass is 10.1. The maximum atomic E-state index is 12.0. The summed E-state index contributed by atoms with van der Waals surface area (Å²) in [5, 5.41) is 9.96. The lowest BCUT2D eigenvalue weighted by molar-refractivity contribution is 0.0921. The smallest absolute Gasteiger partial charge is 0.273 e. The van der Waals surface area contributed by atoms with Crippen LogP contribution in [0.2, 0.25) is 0 Å². The predicted molar refractivity (Wildman–Crippen MR) is 67.6 cm³/mol. The number of rotatable bonds is 3. The molecule has 1 aliphatic heterocycles. The van der Waals surface area contributed by atoms with Crippen molar-refractivity contribution in [1.29, 1.82) is 0 Å². The Labute approximate surface area is 110 Å². The SMILES string of the molecule is O=C(N[C@H]1CCCNC1)c1cc(-c2ccco2)on1. The molecule has 6 heteroatoms. The van der Waals surface area contributed by atoms with Crippen LogP contribution in [-0.2, 0) is 0 Å². The average molecular weight is 261 g/mol. The van der Waals surface area contributed by atoms with Crippen LogP contribution in [0.1, 0.15) is 23.3 Å². The largest absolute Gasteiger partial charge is 0.461 e. The number of carbonyl (C=O) groups is 1. The highest BCUT2D eigenvalue weighted by atomic mass is 16.5. The second-order valence-corrected chi connectivity index (χ2v) is 4.57. The molecule has 1 atom stereocenters. The fraction of sp³-hybridized carbons (Fsp3) is 0.385. The molecule has 0 bridgehead atoms. The Hall–Kier alpha value is -2.08. The molecule has 100 valence electrons. The third-order valence-corrected chi connectivity index (χ3v) is 3.14. The molecule has 3 rings (SSSR count). The van der Waals surface area contributed by atoms with Crippen LogP contribution in [0.3, 0.4) is 0 Å². The molecule has 0 spiro atoms. The number of hydrogen-bond acceptors (Lipinski definition) is 5. The van der Waals surface area contributed by atoms with Gasteiger partial charge in [0.25, 0.3) is 5.91 Å². The first-order valence-electron chi connectivity index (χ1n) is 6.35. The lowest BCUT2D eigenvalue weighted by Gasteiger charge is -2.23. The van der Waals surface area contributed by atoms with Gasteiger partial charge in [0.2, 0.25) is 5.76 Å². The maximum absolute atomic E-state index is 12.0. The van der Waals surface area contributed by atoms with Crippen LogP contribution in [0.4, 0.5) is 0 Å². The summed E-state index contributed by atoms with van der Waals surface area (Å²) in [4.78, 5) is 12.0. The van der Waals surface area contributed by atoms with Gasteiger partial charge in [0.15, 0.2) is 11.5 Å². The molecular formula is C13H15N3O3. The van der Waals surface area contributed by atoms with Crippen molar-refractivity contribution < 1.29 is 13.7 Å². The van der Waals surface area contributed by atoms with Gasteiger partial charge in [0.05, 0.1) is 6.26 Å². The Morgan fingerprint density at radius 2 is 2.42 bits per heavy atom. The van der Waals surface area contributed by atoms with Crippen LogP contribution >= 0.6 is 0 Å². The summed E-state index contributed by atoms with van der Waals surface area (Å²) >= 11 is 0. The van der Waals surface area contributed by atoms with Crippen molar-refractivity contribution in [3.8, 4) is 11.5 Å². The molecule has 1 amide bonds. The Balaban J connectivity index is 1.67. The number of amides is 1. The molecule has 6 nitrogen and oxygen atoms in total. The standard InChI is InChI=1S/C13H15N3O3/c17-13(15-9-3-1-5-14-8-9)10-7-12(19-16-10)11-4-2-6-18-11/h2,4,6-7,9,14H,1,3,5,8H2,(H,15,17)/t9-/m0/s1. The van der Waals surface area contributed by atoms with Crippen molar-refractivity contribution in [3.05, 3.63) is 30.2 Å². The van der Waals surface area contributed by atoms with E-state index in [-0.39, 0.29) is 17.6 Å².